The van der Waals surface area contributed by atoms with E-state index in [-0.39, 0.29) is 31.1 Å². The standard InChI is InChI=1S/C75H146O6/c1-4-7-10-13-16-19-22-25-28-30-31-32-33-34-35-36-37-38-39-40-41-42-43-44-45-48-50-53-56-59-62-65-68-74(77)80-71-72(70-79-73(76)67-64-61-58-55-52-49-46-27-24-21-18-15-12-9-6-3)81-75(78)69-66-63-60-57-54-51-47-29-26-23-20-17-14-11-8-5-2/h72H,4-71H2,1-3H3. The minimum absolute atomic E-state index is 0.0601. The van der Waals surface area contributed by atoms with E-state index in [9.17, 15) is 14.4 Å². The molecule has 0 aromatic heterocycles. The summed E-state index contributed by atoms with van der Waals surface area (Å²) < 4.78 is 17.0. The number of hydrogen-bond donors (Lipinski definition) is 0. The van der Waals surface area contributed by atoms with E-state index in [0.29, 0.717) is 19.3 Å². The third-order valence-electron chi connectivity index (χ3n) is 17.6. The number of unbranched alkanes of at least 4 members (excludes halogenated alkanes) is 60. The molecule has 0 heterocycles. The van der Waals surface area contributed by atoms with E-state index < -0.39 is 6.10 Å². The number of carbonyl (C=O) groups excluding carboxylic acids is 3. The van der Waals surface area contributed by atoms with Crippen molar-refractivity contribution in [1.82, 2.24) is 0 Å². The average molecular weight is 1140 g/mol. The molecule has 0 aromatic carbocycles. The molecule has 0 saturated heterocycles. The lowest BCUT2D eigenvalue weighted by atomic mass is 10.0. The number of esters is 3. The molecule has 0 aliphatic heterocycles. The van der Waals surface area contributed by atoms with Crippen molar-refractivity contribution in [3.05, 3.63) is 0 Å². The lowest BCUT2D eigenvalue weighted by Gasteiger charge is -2.18. The topological polar surface area (TPSA) is 78.9 Å². The first-order valence-corrected chi connectivity index (χ1v) is 37.5. The van der Waals surface area contributed by atoms with Crippen LogP contribution in [-0.2, 0) is 28.6 Å². The average Bonchev–Trinajstić information content (AvgIpc) is 3.47. The van der Waals surface area contributed by atoms with Crippen molar-refractivity contribution in [2.45, 2.75) is 451 Å². The van der Waals surface area contributed by atoms with Crippen LogP contribution in [0.3, 0.4) is 0 Å². The van der Waals surface area contributed by atoms with Crippen molar-refractivity contribution in [3.8, 4) is 0 Å². The molecule has 6 nitrogen and oxygen atoms in total. The summed E-state index contributed by atoms with van der Waals surface area (Å²) in [6.45, 7) is 6.75. The lowest BCUT2D eigenvalue weighted by Crippen LogP contribution is -2.30. The molecule has 482 valence electrons. The summed E-state index contributed by atoms with van der Waals surface area (Å²) in [5, 5.41) is 0. The quantitative estimate of drug-likeness (QED) is 0.0343. The van der Waals surface area contributed by atoms with Crippen LogP contribution in [-0.4, -0.2) is 37.2 Å². The fourth-order valence-electron chi connectivity index (χ4n) is 12.0. The maximum Gasteiger partial charge on any atom is 0.306 e. The molecule has 0 aliphatic rings. The van der Waals surface area contributed by atoms with Gasteiger partial charge >= 0.3 is 17.9 Å². The third kappa shape index (κ3) is 69.1. The van der Waals surface area contributed by atoms with Gasteiger partial charge in [-0.05, 0) is 19.3 Å². The molecule has 0 bridgehead atoms. The molecule has 0 spiro atoms. The Kier molecular flexibility index (Phi) is 69.5. The summed E-state index contributed by atoms with van der Waals surface area (Å²) in [5.41, 5.74) is 0. The van der Waals surface area contributed by atoms with Crippen molar-refractivity contribution in [3.63, 3.8) is 0 Å². The van der Waals surface area contributed by atoms with Gasteiger partial charge in [0.2, 0.25) is 0 Å². The van der Waals surface area contributed by atoms with Crippen LogP contribution < -0.4 is 0 Å². The highest BCUT2D eigenvalue weighted by Gasteiger charge is 2.20. The normalized spacial score (nSPS) is 11.9. The van der Waals surface area contributed by atoms with E-state index in [1.54, 1.807) is 0 Å². The van der Waals surface area contributed by atoms with E-state index in [0.717, 1.165) is 57.8 Å². The van der Waals surface area contributed by atoms with Gasteiger partial charge in [0, 0.05) is 19.3 Å². The molecule has 0 aromatic rings. The number of carbonyl (C=O) groups is 3. The Morgan fingerprint density at radius 3 is 0.494 bits per heavy atom. The highest BCUT2D eigenvalue weighted by Crippen LogP contribution is 2.20. The van der Waals surface area contributed by atoms with Crippen LogP contribution >= 0.6 is 0 Å². The molecule has 0 radical (unpaired) electrons. The van der Waals surface area contributed by atoms with Crippen molar-refractivity contribution < 1.29 is 28.6 Å². The van der Waals surface area contributed by atoms with Crippen LogP contribution in [0.25, 0.3) is 0 Å². The lowest BCUT2D eigenvalue weighted by molar-refractivity contribution is -0.167. The van der Waals surface area contributed by atoms with Crippen LogP contribution in [0, 0.1) is 0 Å². The molecule has 0 saturated carbocycles. The van der Waals surface area contributed by atoms with Crippen LogP contribution in [0.5, 0.6) is 0 Å². The molecule has 1 atom stereocenters. The van der Waals surface area contributed by atoms with E-state index in [1.807, 2.05) is 0 Å². The summed E-state index contributed by atoms with van der Waals surface area (Å²) in [5.74, 6) is -0.818. The minimum Gasteiger partial charge on any atom is -0.462 e. The van der Waals surface area contributed by atoms with Crippen molar-refractivity contribution in [2.24, 2.45) is 0 Å². The van der Waals surface area contributed by atoms with Gasteiger partial charge < -0.3 is 14.2 Å². The van der Waals surface area contributed by atoms with Gasteiger partial charge in [-0.2, -0.15) is 0 Å². The van der Waals surface area contributed by atoms with Crippen molar-refractivity contribution in [2.75, 3.05) is 13.2 Å². The molecule has 6 heteroatoms. The van der Waals surface area contributed by atoms with Crippen LogP contribution in [0.2, 0.25) is 0 Å². The highest BCUT2D eigenvalue weighted by atomic mass is 16.6. The Morgan fingerprint density at radius 1 is 0.198 bits per heavy atom. The first-order chi connectivity index (χ1) is 40.0. The summed E-state index contributed by atoms with van der Waals surface area (Å²) in [6, 6.07) is 0. The largest absolute Gasteiger partial charge is 0.462 e. The second kappa shape index (κ2) is 70.9. The van der Waals surface area contributed by atoms with Gasteiger partial charge in [0.15, 0.2) is 6.10 Å². The second-order valence-electron chi connectivity index (χ2n) is 25.9. The molecule has 1 unspecified atom stereocenters. The summed E-state index contributed by atoms with van der Waals surface area (Å²) in [4.78, 5) is 38.4. The Bertz CT molecular complexity index is 1220. The summed E-state index contributed by atoms with van der Waals surface area (Å²) >= 11 is 0. The molecule has 0 aliphatic carbocycles. The van der Waals surface area contributed by atoms with Gasteiger partial charge in [0.25, 0.3) is 0 Å². The van der Waals surface area contributed by atoms with Gasteiger partial charge in [-0.3, -0.25) is 14.4 Å². The Hall–Kier alpha value is -1.59. The number of rotatable bonds is 71. The van der Waals surface area contributed by atoms with Crippen LogP contribution in [0.15, 0.2) is 0 Å². The van der Waals surface area contributed by atoms with E-state index >= 15 is 0 Å². The Balaban J connectivity index is 4.09. The number of hydrogen-bond acceptors (Lipinski definition) is 6. The predicted molar refractivity (Wildman–Crippen MR) is 354 cm³/mol. The maximum absolute atomic E-state index is 12.9. The Morgan fingerprint density at radius 2 is 0.333 bits per heavy atom. The zero-order chi connectivity index (χ0) is 58.5. The third-order valence-corrected chi connectivity index (χ3v) is 17.6. The summed E-state index contributed by atoms with van der Waals surface area (Å²) in [6.07, 6.45) is 84.5. The van der Waals surface area contributed by atoms with Gasteiger partial charge in [0.05, 0.1) is 0 Å². The second-order valence-corrected chi connectivity index (χ2v) is 25.9. The highest BCUT2D eigenvalue weighted by molar-refractivity contribution is 5.71. The van der Waals surface area contributed by atoms with Crippen molar-refractivity contribution in [1.29, 1.82) is 0 Å². The smallest absolute Gasteiger partial charge is 0.306 e. The number of ether oxygens (including phenoxy) is 3. The molecular formula is C75H146O6. The first kappa shape index (κ1) is 79.4. The fourth-order valence-corrected chi connectivity index (χ4v) is 12.0. The van der Waals surface area contributed by atoms with E-state index in [1.165, 1.54) is 347 Å². The predicted octanol–water partition coefficient (Wildman–Crippen LogP) is 25.8. The fraction of sp³-hybridized carbons (Fsp3) is 0.960. The molecule has 0 N–H and O–H groups in total. The molecule has 81 heavy (non-hydrogen) atoms. The monoisotopic (exact) mass is 1140 g/mol. The van der Waals surface area contributed by atoms with Crippen molar-refractivity contribution >= 4 is 17.9 Å². The molecule has 0 rings (SSSR count). The first-order valence-electron chi connectivity index (χ1n) is 37.5. The maximum atomic E-state index is 12.9. The van der Waals surface area contributed by atoms with Crippen LogP contribution in [0.1, 0.15) is 445 Å². The van der Waals surface area contributed by atoms with E-state index in [4.69, 9.17) is 14.2 Å². The zero-order valence-electron chi connectivity index (χ0n) is 55.6. The zero-order valence-corrected chi connectivity index (χ0v) is 55.6. The van der Waals surface area contributed by atoms with Gasteiger partial charge in [-0.25, -0.2) is 0 Å². The van der Waals surface area contributed by atoms with Gasteiger partial charge in [-0.15, -0.1) is 0 Å². The Labute approximate surface area is 508 Å². The SMILES string of the molecule is CCCCCCCCCCCCCCCCCCCCCCCCCCCCCCCCCCC(=O)OCC(COC(=O)CCCCCCCCCCCCCCCCC)OC(=O)CCCCCCCCCCCCCCCCCC. The molecule has 0 amide bonds. The minimum atomic E-state index is -0.763. The summed E-state index contributed by atoms with van der Waals surface area (Å²) in [7, 11) is 0. The van der Waals surface area contributed by atoms with Gasteiger partial charge in [-0.1, -0.05) is 406 Å². The van der Waals surface area contributed by atoms with E-state index in [2.05, 4.69) is 20.8 Å². The molecule has 0 fully saturated rings. The van der Waals surface area contributed by atoms with Gasteiger partial charge in [0.1, 0.15) is 13.2 Å². The van der Waals surface area contributed by atoms with Crippen LogP contribution in [0.4, 0.5) is 0 Å². The molecular weight excluding hydrogens is 997 g/mol.